The van der Waals surface area contributed by atoms with Crippen LogP contribution < -0.4 is 10.2 Å². The highest BCUT2D eigenvalue weighted by atomic mass is 79.9. The van der Waals surface area contributed by atoms with Gasteiger partial charge in [0, 0.05) is 47.9 Å². The molecule has 142 valence electrons. The zero-order valence-electron chi connectivity index (χ0n) is 14.3. The van der Waals surface area contributed by atoms with Gasteiger partial charge in [-0.05, 0) is 40.2 Å². The number of hydrogen-bond acceptors (Lipinski definition) is 6. The van der Waals surface area contributed by atoms with E-state index in [0.717, 1.165) is 4.47 Å². The van der Waals surface area contributed by atoms with Gasteiger partial charge in [0.1, 0.15) is 11.5 Å². The standard InChI is InChI=1S/C17H17BrClN5O3/c18-12-1-4-16(20-10-12)21-17(25)11-22-5-7-23(8-6-22)14-3-2-13(19)9-15(14)24(26)27/h1-4,9-10H,5-8,11H2,(H,20,21,25). The molecule has 1 aliphatic heterocycles. The summed E-state index contributed by atoms with van der Waals surface area (Å²) in [4.78, 5) is 31.1. The highest BCUT2D eigenvalue weighted by molar-refractivity contribution is 9.10. The van der Waals surface area contributed by atoms with Gasteiger partial charge in [-0.2, -0.15) is 0 Å². The number of nitro groups is 1. The lowest BCUT2D eigenvalue weighted by atomic mass is 10.2. The Morgan fingerprint density at radius 3 is 2.63 bits per heavy atom. The summed E-state index contributed by atoms with van der Waals surface area (Å²) < 4.78 is 0.841. The first-order chi connectivity index (χ1) is 12.9. The number of halogens is 2. The Bertz CT molecular complexity index is 841. The zero-order chi connectivity index (χ0) is 19.4. The van der Waals surface area contributed by atoms with E-state index in [9.17, 15) is 14.9 Å². The molecule has 2 heterocycles. The highest BCUT2D eigenvalue weighted by Gasteiger charge is 2.24. The van der Waals surface area contributed by atoms with Crippen LogP contribution in [0.15, 0.2) is 41.0 Å². The summed E-state index contributed by atoms with van der Waals surface area (Å²) >= 11 is 9.17. The number of rotatable bonds is 5. The van der Waals surface area contributed by atoms with E-state index in [2.05, 4.69) is 26.2 Å². The van der Waals surface area contributed by atoms with Gasteiger partial charge in [-0.25, -0.2) is 4.98 Å². The second-order valence-electron chi connectivity index (χ2n) is 6.06. The first-order valence-corrected chi connectivity index (χ1v) is 9.42. The van der Waals surface area contributed by atoms with Crippen molar-refractivity contribution in [3.63, 3.8) is 0 Å². The SMILES string of the molecule is O=C(CN1CCN(c2ccc(Cl)cc2[N+](=O)[O-])CC1)Nc1ccc(Br)cn1. The molecule has 0 unspecified atom stereocenters. The third-order valence-electron chi connectivity index (χ3n) is 4.21. The largest absolute Gasteiger partial charge is 0.363 e. The van der Waals surface area contributed by atoms with Crippen molar-refractivity contribution < 1.29 is 9.72 Å². The Balaban J connectivity index is 1.55. The number of nitrogens with zero attached hydrogens (tertiary/aromatic N) is 4. The monoisotopic (exact) mass is 453 g/mol. The molecule has 10 heteroatoms. The molecule has 3 rings (SSSR count). The number of aromatic nitrogens is 1. The molecule has 0 radical (unpaired) electrons. The molecule has 1 aromatic carbocycles. The van der Waals surface area contributed by atoms with E-state index in [1.807, 2.05) is 9.80 Å². The summed E-state index contributed by atoms with van der Waals surface area (Å²) in [6.45, 7) is 2.68. The van der Waals surface area contributed by atoms with E-state index >= 15 is 0 Å². The van der Waals surface area contributed by atoms with Crippen molar-refractivity contribution in [2.45, 2.75) is 0 Å². The van der Waals surface area contributed by atoms with E-state index in [-0.39, 0.29) is 18.1 Å². The van der Waals surface area contributed by atoms with Crippen LogP contribution in [-0.4, -0.2) is 53.4 Å². The molecule has 1 amide bonds. The number of hydrogen-bond donors (Lipinski definition) is 1. The third-order valence-corrected chi connectivity index (χ3v) is 4.91. The normalized spacial score (nSPS) is 14.8. The van der Waals surface area contributed by atoms with Crippen LogP contribution in [0.3, 0.4) is 0 Å². The van der Waals surface area contributed by atoms with Crippen LogP contribution in [0.4, 0.5) is 17.2 Å². The first-order valence-electron chi connectivity index (χ1n) is 8.25. The van der Waals surface area contributed by atoms with Crippen molar-refractivity contribution in [1.82, 2.24) is 9.88 Å². The number of carbonyl (C=O) groups is 1. The summed E-state index contributed by atoms with van der Waals surface area (Å²) in [5, 5.41) is 14.4. The van der Waals surface area contributed by atoms with Crippen LogP contribution in [-0.2, 0) is 4.79 Å². The number of pyridine rings is 1. The van der Waals surface area contributed by atoms with Gasteiger partial charge in [0.05, 0.1) is 11.5 Å². The van der Waals surface area contributed by atoms with Crippen LogP contribution in [0.5, 0.6) is 0 Å². The Labute approximate surface area is 169 Å². The van der Waals surface area contributed by atoms with Gasteiger partial charge in [-0.3, -0.25) is 19.8 Å². The lowest BCUT2D eigenvalue weighted by Gasteiger charge is -2.35. The average Bonchev–Trinajstić information content (AvgIpc) is 2.64. The molecule has 0 atom stereocenters. The number of amides is 1. The molecule has 1 fully saturated rings. The summed E-state index contributed by atoms with van der Waals surface area (Å²) in [5.41, 5.74) is 0.544. The Kier molecular flexibility index (Phi) is 6.25. The summed E-state index contributed by atoms with van der Waals surface area (Å²) in [5.74, 6) is 0.356. The van der Waals surface area contributed by atoms with Gasteiger partial charge in [-0.15, -0.1) is 0 Å². The minimum absolute atomic E-state index is 0.00462. The molecule has 0 bridgehead atoms. The van der Waals surface area contributed by atoms with Crippen molar-refractivity contribution in [1.29, 1.82) is 0 Å². The molecule has 0 aliphatic carbocycles. The van der Waals surface area contributed by atoms with Crippen LogP contribution >= 0.6 is 27.5 Å². The van der Waals surface area contributed by atoms with Crippen molar-refractivity contribution in [2.75, 3.05) is 42.9 Å². The fourth-order valence-corrected chi connectivity index (χ4v) is 3.29. The molecular formula is C17H17BrClN5O3. The number of nitro benzene ring substituents is 1. The van der Waals surface area contributed by atoms with E-state index in [1.54, 1.807) is 30.5 Å². The van der Waals surface area contributed by atoms with Gasteiger partial charge in [0.25, 0.3) is 5.69 Å². The van der Waals surface area contributed by atoms with E-state index < -0.39 is 4.92 Å². The lowest BCUT2D eigenvalue weighted by molar-refractivity contribution is -0.384. The Hall–Kier alpha value is -2.23. The maximum atomic E-state index is 12.2. The molecule has 27 heavy (non-hydrogen) atoms. The van der Waals surface area contributed by atoms with Crippen LogP contribution in [0.2, 0.25) is 5.02 Å². The van der Waals surface area contributed by atoms with Gasteiger partial charge in [0.15, 0.2) is 0 Å². The number of carbonyl (C=O) groups excluding carboxylic acids is 1. The van der Waals surface area contributed by atoms with Gasteiger partial charge >= 0.3 is 0 Å². The molecule has 1 saturated heterocycles. The van der Waals surface area contributed by atoms with Crippen LogP contribution in [0.25, 0.3) is 0 Å². The first kappa shape index (κ1) is 19.5. The quantitative estimate of drug-likeness (QED) is 0.551. The molecule has 1 aromatic heterocycles. The van der Waals surface area contributed by atoms with Crippen molar-refractivity contribution >= 4 is 50.6 Å². The number of piperazine rings is 1. The number of benzene rings is 1. The summed E-state index contributed by atoms with van der Waals surface area (Å²) in [6.07, 6.45) is 1.62. The Morgan fingerprint density at radius 2 is 2.00 bits per heavy atom. The van der Waals surface area contributed by atoms with Crippen LogP contribution in [0, 0.1) is 10.1 Å². The fourth-order valence-electron chi connectivity index (χ4n) is 2.89. The van der Waals surface area contributed by atoms with Gasteiger partial charge in [-0.1, -0.05) is 11.6 Å². The maximum Gasteiger partial charge on any atom is 0.294 e. The molecule has 0 saturated carbocycles. The molecule has 1 N–H and O–H groups in total. The van der Waals surface area contributed by atoms with Crippen molar-refractivity contribution in [3.05, 3.63) is 56.1 Å². The van der Waals surface area contributed by atoms with E-state index in [4.69, 9.17) is 11.6 Å². The minimum atomic E-state index is -0.424. The molecule has 2 aromatic rings. The second-order valence-corrected chi connectivity index (χ2v) is 7.42. The Morgan fingerprint density at radius 1 is 1.26 bits per heavy atom. The molecule has 1 aliphatic rings. The molecule has 0 spiro atoms. The fraction of sp³-hybridized carbons (Fsp3) is 0.294. The zero-order valence-corrected chi connectivity index (χ0v) is 16.6. The second kappa shape index (κ2) is 8.64. The maximum absolute atomic E-state index is 12.2. The van der Waals surface area contributed by atoms with Gasteiger partial charge in [0.2, 0.25) is 5.91 Å². The van der Waals surface area contributed by atoms with E-state index in [0.29, 0.717) is 42.7 Å². The summed E-state index contributed by atoms with van der Waals surface area (Å²) in [6, 6.07) is 8.21. The predicted molar refractivity (Wildman–Crippen MR) is 107 cm³/mol. The lowest BCUT2D eigenvalue weighted by Crippen LogP contribution is -2.48. The van der Waals surface area contributed by atoms with Crippen LogP contribution in [0.1, 0.15) is 0 Å². The van der Waals surface area contributed by atoms with Gasteiger partial charge < -0.3 is 10.2 Å². The van der Waals surface area contributed by atoms with Crippen molar-refractivity contribution in [2.24, 2.45) is 0 Å². The van der Waals surface area contributed by atoms with Crippen molar-refractivity contribution in [3.8, 4) is 0 Å². The summed E-state index contributed by atoms with van der Waals surface area (Å²) in [7, 11) is 0. The number of nitrogens with one attached hydrogen (secondary N) is 1. The topological polar surface area (TPSA) is 91.6 Å². The molecule has 8 nitrogen and oxygen atoms in total. The smallest absolute Gasteiger partial charge is 0.294 e. The minimum Gasteiger partial charge on any atom is -0.363 e. The van der Waals surface area contributed by atoms with E-state index in [1.165, 1.54) is 6.07 Å². The third kappa shape index (κ3) is 5.15. The number of anilines is 2. The molecular weight excluding hydrogens is 438 g/mol. The highest BCUT2D eigenvalue weighted by Crippen LogP contribution is 2.31. The predicted octanol–water partition coefficient (Wildman–Crippen LogP) is 3.17. The average molecular weight is 455 g/mol.